The van der Waals surface area contributed by atoms with Crippen LogP contribution in [0.1, 0.15) is 5.56 Å². The van der Waals surface area contributed by atoms with Gasteiger partial charge in [-0.3, -0.25) is 4.79 Å². The number of halogens is 2. The van der Waals surface area contributed by atoms with Crippen LogP contribution in [0.5, 0.6) is 0 Å². The maximum atomic E-state index is 9.52. The van der Waals surface area contributed by atoms with Gasteiger partial charge in [0.15, 0.2) is 0 Å². The van der Waals surface area contributed by atoms with Crippen LogP contribution in [0.2, 0.25) is 10.0 Å². The molecule has 0 heterocycles. The third-order valence-corrected chi connectivity index (χ3v) is 2.13. The smallest absolute Gasteiger partial charge is 0.320 e. The summed E-state index contributed by atoms with van der Waals surface area (Å²) in [6, 6.07) is 5.55. The molecule has 1 amide bonds. The molecule has 17 heavy (non-hydrogen) atoms. The number of hydrogen-bond acceptors (Lipinski definition) is 2. The van der Waals surface area contributed by atoms with Crippen molar-refractivity contribution in [3.63, 3.8) is 0 Å². The normalized spacial score (nSPS) is 8.18. The van der Waals surface area contributed by atoms with E-state index in [1.165, 1.54) is 6.41 Å². The first-order valence-electron chi connectivity index (χ1n) is 4.20. The first-order valence-corrected chi connectivity index (χ1v) is 4.96. The molecule has 0 aromatic heterocycles. The molecule has 0 unspecified atom stereocenters. The van der Waals surface area contributed by atoms with Crippen molar-refractivity contribution in [1.82, 2.24) is 5.32 Å². The van der Waals surface area contributed by atoms with Gasteiger partial charge in [-0.1, -0.05) is 29.3 Å². The molecule has 0 spiro atoms. The number of aliphatic carboxylic acids is 1. The van der Waals surface area contributed by atoms with Crippen molar-refractivity contribution in [3.8, 4) is 0 Å². The average Bonchev–Trinajstić information content (AvgIpc) is 2.22. The van der Waals surface area contributed by atoms with E-state index in [9.17, 15) is 9.59 Å². The molecular weight excluding hydrogens is 510 g/mol. The molecule has 0 bridgehead atoms. The number of hydrogen-bond donors (Lipinski definition) is 2. The number of carbonyl (C=O) groups excluding carboxylic acids is 1. The van der Waals surface area contributed by atoms with E-state index in [1.807, 2.05) is 24.4 Å². The fraction of sp³-hybridized carbons (Fsp3) is 0.200. The summed E-state index contributed by atoms with van der Waals surface area (Å²) in [6.45, 7) is 1.62. The number of carboxylic acids is 1. The number of benzene rings is 1. The zero-order valence-corrected chi connectivity index (χ0v) is 12.7. The average molecular weight is 520 g/mol. The Labute approximate surface area is 103 Å². The van der Waals surface area contributed by atoms with E-state index in [4.69, 9.17) is 28.3 Å². The standard InChI is InChI=1S/C7H6Cl2.C3H4NO3.Fm/c1-5-2-3-6(8)7(9)4-5;5-2-4-1-3(6)7;/h2-4H,1H3;1H2,(H,4,5)(H,6,7);/q;-1;. The van der Waals surface area contributed by atoms with Gasteiger partial charge >= 0.3 is 5.97 Å². The van der Waals surface area contributed by atoms with Crippen LogP contribution in [-0.4, -0.2) is 24.0 Å². The topological polar surface area (TPSA) is 66.4 Å². The van der Waals surface area contributed by atoms with Crippen LogP contribution in [-0.2, 0) is 9.59 Å². The largest absolute Gasteiger partial charge is 0.521 e. The number of aryl methyl sites for hydroxylation is 1. The summed E-state index contributed by atoms with van der Waals surface area (Å²) in [5.74, 6) is -1.07. The molecule has 4 nitrogen and oxygen atoms in total. The second-order valence-electron chi connectivity index (χ2n) is 2.77. The molecule has 0 saturated heterocycles. The van der Waals surface area contributed by atoms with Gasteiger partial charge < -0.3 is 15.2 Å². The van der Waals surface area contributed by atoms with Crippen LogP contribution >= 0.6 is 23.2 Å². The SMILES string of the molecule is Cc1ccc(Cl)c(Cl)c1.O=[C-]NCC(=O)O.[Fm]. The maximum absolute atomic E-state index is 9.52. The van der Waals surface area contributed by atoms with Crippen molar-refractivity contribution >= 4 is 35.6 Å². The van der Waals surface area contributed by atoms with Gasteiger partial charge in [0, 0.05) is 0 Å². The Morgan fingerprint density at radius 2 is 2.00 bits per heavy atom. The molecule has 0 aliphatic carbocycles. The summed E-state index contributed by atoms with van der Waals surface area (Å²) >= 11 is 11.3. The van der Waals surface area contributed by atoms with E-state index in [0.29, 0.717) is 10.0 Å². The molecule has 0 atom stereocenters. The molecule has 1 rings (SSSR count). The van der Waals surface area contributed by atoms with Crippen molar-refractivity contribution in [3.05, 3.63) is 33.8 Å². The Morgan fingerprint density at radius 1 is 1.41 bits per heavy atom. The predicted molar refractivity (Wildman–Crippen MR) is 62.5 cm³/mol. The molecule has 0 aliphatic rings. The molecule has 1 aromatic rings. The first kappa shape index (κ1) is 17.1. The summed E-state index contributed by atoms with van der Waals surface area (Å²) in [4.78, 5) is 18.7. The zero-order chi connectivity index (χ0) is 12.6. The number of amides is 1. The third kappa shape index (κ3) is 8.72. The van der Waals surface area contributed by atoms with Crippen molar-refractivity contribution in [1.29, 1.82) is 0 Å². The molecule has 7 heteroatoms. The van der Waals surface area contributed by atoms with E-state index >= 15 is 0 Å². The molecule has 1 aromatic carbocycles. The number of rotatable bonds is 3. The van der Waals surface area contributed by atoms with E-state index < -0.39 is 5.97 Å². The Morgan fingerprint density at radius 3 is 2.29 bits per heavy atom. The molecule has 0 aliphatic heterocycles. The van der Waals surface area contributed by atoms with Crippen LogP contribution in [0.3, 0.4) is 0 Å². The molecular formula is C10H10Cl2FmNO3-. The maximum Gasteiger partial charge on any atom is 0.320 e. The minimum atomic E-state index is -1.07. The van der Waals surface area contributed by atoms with Crippen molar-refractivity contribution in [2.75, 3.05) is 6.54 Å². The monoisotopic (exact) mass is 519 g/mol. The predicted octanol–water partition coefficient (Wildman–Crippen LogP) is 2.03. The minimum absolute atomic E-state index is 0. The second-order valence-corrected chi connectivity index (χ2v) is 3.58. The summed E-state index contributed by atoms with van der Waals surface area (Å²) in [7, 11) is 0. The molecule has 2 N–H and O–H groups in total. The summed E-state index contributed by atoms with van der Waals surface area (Å²) in [5.41, 5.74) is 1.13. The van der Waals surface area contributed by atoms with E-state index in [-0.39, 0.29) is 6.54 Å². The Bertz CT molecular complexity index is 375. The molecule has 0 fully saturated rings. The van der Waals surface area contributed by atoms with Gasteiger partial charge in [-0.15, -0.1) is 0 Å². The van der Waals surface area contributed by atoms with E-state index in [1.54, 1.807) is 6.07 Å². The summed E-state index contributed by atoms with van der Waals surface area (Å²) in [5, 5.41) is 10.9. The Balaban J connectivity index is 0. The molecule has 100 valence electrons. The quantitative estimate of drug-likeness (QED) is 0.474. The second kappa shape index (κ2) is 9.00. The summed E-state index contributed by atoms with van der Waals surface area (Å²) < 4.78 is 0. The minimum Gasteiger partial charge on any atom is -0.521 e. The van der Waals surface area contributed by atoms with Gasteiger partial charge in [0.2, 0.25) is 0 Å². The van der Waals surface area contributed by atoms with Gasteiger partial charge in [-0.05, 0) is 24.6 Å². The van der Waals surface area contributed by atoms with Gasteiger partial charge in [-0.2, -0.15) is 6.41 Å². The van der Waals surface area contributed by atoms with E-state index in [0.717, 1.165) is 5.56 Å². The molecule has 0 radical (unpaired) electrons. The number of carbonyl (C=O) groups is 1. The summed E-state index contributed by atoms with van der Waals surface area (Å²) in [6.07, 6.45) is 1.22. The van der Waals surface area contributed by atoms with Gasteiger partial charge in [0.05, 0.1) is 16.6 Å². The van der Waals surface area contributed by atoms with Gasteiger partial charge in [0.25, 0.3) is 0 Å². The van der Waals surface area contributed by atoms with Crippen LogP contribution in [0.25, 0.3) is 0 Å². The third-order valence-electron chi connectivity index (χ3n) is 1.39. The number of carboxylic acid groups (broad SMARTS) is 1. The van der Waals surface area contributed by atoms with Gasteiger partial charge in [-0.25, -0.2) is 0 Å². The zero-order valence-electron chi connectivity index (χ0n) is 8.75. The number of nitrogens with one attached hydrogen (secondary N) is 1. The molecule has 0 saturated carbocycles. The van der Waals surface area contributed by atoms with Crippen molar-refractivity contribution in [2.45, 2.75) is 6.92 Å². The van der Waals surface area contributed by atoms with Crippen LogP contribution in [0, 0.1) is 6.92 Å². The van der Waals surface area contributed by atoms with Crippen molar-refractivity contribution < 1.29 is 14.7 Å². The first-order chi connectivity index (χ1) is 7.47. The van der Waals surface area contributed by atoms with Crippen LogP contribution in [0.15, 0.2) is 18.2 Å². The van der Waals surface area contributed by atoms with Gasteiger partial charge in [0.1, 0.15) is 0 Å². The van der Waals surface area contributed by atoms with Crippen LogP contribution in [0.4, 0.5) is 0 Å². The fourth-order valence-electron chi connectivity index (χ4n) is 0.713. The Kier molecular flexibility index (Phi) is 9.08. The van der Waals surface area contributed by atoms with Crippen molar-refractivity contribution in [2.24, 2.45) is 0 Å². The Hall–Kier alpha value is -2.26. The van der Waals surface area contributed by atoms with E-state index in [2.05, 4.69) is 0 Å². The fourth-order valence-corrected chi connectivity index (χ4v) is 1.07. The van der Waals surface area contributed by atoms with Crippen LogP contribution < -0.4 is 5.32 Å².